The molecule has 1 aliphatic rings. The number of hydrogen-bond donors (Lipinski definition) is 0. The smallest absolute Gasteiger partial charge is 0.414 e. The van der Waals surface area contributed by atoms with Gasteiger partial charge in [-0.2, -0.15) is 0 Å². The molecule has 0 aromatic heterocycles. The van der Waals surface area contributed by atoms with Gasteiger partial charge in [0.1, 0.15) is 6.61 Å². The number of anilines is 1. The molecule has 1 atom stereocenters. The van der Waals surface area contributed by atoms with Crippen molar-refractivity contribution < 1.29 is 19.1 Å². The molecule has 1 aromatic rings. The third-order valence-electron chi connectivity index (χ3n) is 3.13. The molecule has 0 aliphatic carbocycles. The van der Waals surface area contributed by atoms with Gasteiger partial charge in [-0.3, -0.25) is 9.69 Å². The summed E-state index contributed by atoms with van der Waals surface area (Å²) in [7, 11) is 0. The molecule has 0 bridgehead atoms. The van der Waals surface area contributed by atoms with Crippen molar-refractivity contribution in [1.82, 2.24) is 0 Å². The molecule has 1 unspecified atom stereocenters. The number of ether oxygens (including phenoxy) is 2. The van der Waals surface area contributed by atoms with Gasteiger partial charge in [-0.15, -0.1) is 0 Å². The molecule has 1 amide bonds. The highest BCUT2D eigenvalue weighted by Crippen LogP contribution is 2.22. The second-order valence-electron chi connectivity index (χ2n) is 4.84. The average Bonchev–Trinajstić information content (AvgIpc) is 2.79. The Morgan fingerprint density at radius 2 is 2.10 bits per heavy atom. The first-order valence-corrected chi connectivity index (χ1v) is 6.80. The van der Waals surface area contributed by atoms with Gasteiger partial charge in [0, 0.05) is 12.6 Å². The molecule has 0 spiro atoms. The number of benzene rings is 1. The van der Waals surface area contributed by atoms with Gasteiger partial charge in [-0.25, -0.2) is 4.79 Å². The summed E-state index contributed by atoms with van der Waals surface area (Å²) in [6.45, 7) is 3.97. The van der Waals surface area contributed by atoms with Crippen molar-refractivity contribution in [1.29, 1.82) is 0 Å². The van der Waals surface area contributed by atoms with Gasteiger partial charge in [0.2, 0.25) is 0 Å². The Morgan fingerprint density at radius 3 is 2.70 bits per heavy atom. The Bertz CT molecular complexity index is 483. The lowest BCUT2D eigenvalue weighted by atomic mass is 10.1. The molecule has 0 saturated carbocycles. The quantitative estimate of drug-likeness (QED) is 0.776. The number of esters is 1. The monoisotopic (exact) mass is 277 g/mol. The van der Waals surface area contributed by atoms with Gasteiger partial charge in [0.25, 0.3) is 0 Å². The van der Waals surface area contributed by atoms with Crippen LogP contribution in [0.25, 0.3) is 0 Å². The maximum Gasteiger partial charge on any atom is 0.414 e. The minimum Gasteiger partial charge on any atom is -0.462 e. The van der Waals surface area contributed by atoms with Crippen LogP contribution in [0.1, 0.15) is 25.8 Å². The van der Waals surface area contributed by atoms with E-state index in [1.165, 1.54) is 12.5 Å². The summed E-state index contributed by atoms with van der Waals surface area (Å²) < 4.78 is 10.0. The summed E-state index contributed by atoms with van der Waals surface area (Å²) in [5.74, 6) is -0.372. The predicted octanol–water partition coefficient (Wildman–Crippen LogP) is 2.53. The van der Waals surface area contributed by atoms with E-state index in [2.05, 4.69) is 6.92 Å². The SMILES string of the molecule is CCCc1ccc(N2CC(COC(C)=O)OC2=O)cc1. The number of amides is 1. The van der Waals surface area contributed by atoms with Crippen molar-refractivity contribution in [3.8, 4) is 0 Å². The lowest BCUT2D eigenvalue weighted by molar-refractivity contribution is -0.143. The summed E-state index contributed by atoms with van der Waals surface area (Å²) >= 11 is 0. The zero-order valence-electron chi connectivity index (χ0n) is 11.8. The van der Waals surface area contributed by atoms with Crippen LogP contribution in [0.2, 0.25) is 0 Å². The topological polar surface area (TPSA) is 55.8 Å². The normalized spacial score (nSPS) is 18.0. The van der Waals surface area contributed by atoms with Gasteiger partial charge < -0.3 is 9.47 Å². The molecular weight excluding hydrogens is 258 g/mol. The first-order chi connectivity index (χ1) is 9.60. The summed E-state index contributed by atoms with van der Waals surface area (Å²) in [4.78, 5) is 24.1. The standard InChI is InChI=1S/C15H19NO4/c1-3-4-12-5-7-13(8-6-12)16-9-14(20-15(16)18)10-19-11(2)17/h5-8,14H,3-4,9-10H2,1-2H3. The van der Waals surface area contributed by atoms with Gasteiger partial charge >= 0.3 is 12.1 Å². The van der Waals surface area contributed by atoms with Crippen LogP contribution < -0.4 is 4.90 Å². The molecule has 2 rings (SSSR count). The minimum absolute atomic E-state index is 0.103. The van der Waals surface area contributed by atoms with Crippen molar-refractivity contribution in [2.24, 2.45) is 0 Å². The number of carbonyl (C=O) groups excluding carboxylic acids is 2. The largest absolute Gasteiger partial charge is 0.462 e. The predicted molar refractivity (Wildman–Crippen MR) is 74.7 cm³/mol. The van der Waals surface area contributed by atoms with Crippen molar-refractivity contribution in [3.63, 3.8) is 0 Å². The second kappa shape index (κ2) is 6.41. The van der Waals surface area contributed by atoms with E-state index in [-0.39, 0.29) is 12.6 Å². The lowest BCUT2D eigenvalue weighted by Crippen LogP contribution is -2.26. The highest BCUT2D eigenvalue weighted by molar-refractivity contribution is 5.89. The number of nitrogens with zero attached hydrogens (tertiary/aromatic N) is 1. The Kier molecular flexibility index (Phi) is 4.61. The lowest BCUT2D eigenvalue weighted by Gasteiger charge is -2.13. The van der Waals surface area contributed by atoms with Crippen molar-refractivity contribution in [2.45, 2.75) is 32.8 Å². The fourth-order valence-electron chi connectivity index (χ4n) is 2.16. The Hall–Kier alpha value is -2.04. The Balaban J connectivity index is 1.98. The first kappa shape index (κ1) is 14.4. The van der Waals surface area contributed by atoms with E-state index in [4.69, 9.17) is 9.47 Å². The average molecular weight is 277 g/mol. The highest BCUT2D eigenvalue weighted by atomic mass is 16.6. The molecule has 5 heteroatoms. The first-order valence-electron chi connectivity index (χ1n) is 6.80. The van der Waals surface area contributed by atoms with Gasteiger partial charge in [0.15, 0.2) is 6.10 Å². The van der Waals surface area contributed by atoms with Gasteiger partial charge in [0.05, 0.1) is 6.54 Å². The van der Waals surface area contributed by atoms with Crippen LogP contribution >= 0.6 is 0 Å². The molecule has 5 nitrogen and oxygen atoms in total. The number of cyclic esters (lactones) is 1. The van der Waals surface area contributed by atoms with Crippen LogP contribution in [0.3, 0.4) is 0 Å². The van der Waals surface area contributed by atoms with E-state index in [1.54, 1.807) is 4.90 Å². The van der Waals surface area contributed by atoms with Crippen molar-refractivity contribution in [2.75, 3.05) is 18.1 Å². The van der Waals surface area contributed by atoms with Crippen LogP contribution in [0.15, 0.2) is 24.3 Å². The van der Waals surface area contributed by atoms with Gasteiger partial charge in [-0.1, -0.05) is 25.5 Å². The number of aryl methyl sites for hydroxylation is 1. The van der Waals surface area contributed by atoms with E-state index in [0.29, 0.717) is 6.54 Å². The summed E-state index contributed by atoms with van der Waals surface area (Å²) in [5.41, 5.74) is 2.06. The van der Waals surface area contributed by atoms with Gasteiger partial charge in [-0.05, 0) is 24.1 Å². The van der Waals surface area contributed by atoms with E-state index in [1.807, 2.05) is 24.3 Å². The summed E-state index contributed by atoms with van der Waals surface area (Å²) in [6.07, 6.45) is 1.32. The van der Waals surface area contributed by atoms with E-state index < -0.39 is 12.2 Å². The number of rotatable bonds is 5. The highest BCUT2D eigenvalue weighted by Gasteiger charge is 2.32. The number of carbonyl (C=O) groups is 2. The maximum atomic E-state index is 11.8. The Morgan fingerprint density at radius 1 is 1.40 bits per heavy atom. The minimum atomic E-state index is -0.401. The van der Waals surface area contributed by atoms with Crippen molar-refractivity contribution in [3.05, 3.63) is 29.8 Å². The molecule has 1 saturated heterocycles. The van der Waals surface area contributed by atoms with Crippen LogP contribution in [0.4, 0.5) is 10.5 Å². The molecule has 108 valence electrons. The fourth-order valence-corrected chi connectivity index (χ4v) is 2.16. The van der Waals surface area contributed by atoms with E-state index >= 15 is 0 Å². The molecule has 0 radical (unpaired) electrons. The van der Waals surface area contributed by atoms with Crippen LogP contribution in [0, 0.1) is 0 Å². The molecule has 0 N–H and O–H groups in total. The van der Waals surface area contributed by atoms with E-state index in [9.17, 15) is 9.59 Å². The zero-order chi connectivity index (χ0) is 14.5. The molecular formula is C15H19NO4. The Labute approximate surface area is 118 Å². The molecule has 20 heavy (non-hydrogen) atoms. The molecule has 1 aromatic carbocycles. The van der Waals surface area contributed by atoms with Crippen LogP contribution in [-0.2, 0) is 20.7 Å². The summed E-state index contributed by atoms with van der Waals surface area (Å²) in [6, 6.07) is 7.87. The van der Waals surface area contributed by atoms with E-state index in [0.717, 1.165) is 18.5 Å². The molecule has 1 fully saturated rings. The van der Waals surface area contributed by atoms with Crippen molar-refractivity contribution >= 4 is 17.7 Å². The third kappa shape index (κ3) is 3.50. The molecule has 1 aliphatic heterocycles. The second-order valence-corrected chi connectivity index (χ2v) is 4.84. The van der Waals surface area contributed by atoms with Crippen LogP contribution in [0.5, 0.6) is 0 Å². The van der Waals surface area contributed by atoms with Crippen LogP contribution in [-0.4, -0.2) is 31.3 Å². The zero-order valence-corrected chi connectivity index (χ0v) is 11.8. The summed E-state index contributed by atoms with van der Waals surface area (Å²) in [5, 5.41) is 0. The number of hydrogen-bond acceptors (Lipinski definition) is 4. The maximum absolute atomic E-state index is 11.8. The third-order valence-corrected chi connectivity index (χ3v) is 3.13. The fraction of sp³-hybridized carbons (Fsp3) is 0.467. The molecule has 1 heterocycles.